The Hall–Kier alpha value is -2.29. The van der Waals surface area contributed by atoms with Crippen LogP contribution >= 0.6 is 0 Å². The molecule has 0 aromatic heterocycles. The number of hydrogen-bond donors (Lipinski definition) is 2. The lowest BCUT2D eigenvalue weighted by molar-refractivity contribution is -0.136. The Labute approximate surface area is 125 Å². The Morgan fingerprint density at radius 3 is 2.48 bits per heavy atom. The molecule has 0 amide bonds. The number of benzene rings is 2. The minimum Gasteiger partial charge on any atom is -0.481 e. The number of anilines is 1. The standard InChI is InChI=1S/C18H21NO2/c1-14-4-2-5-16(12-14)10-11-19-17-7-3-6-15(13-17)8-9-18(20)21/h2-7,12-13,19H,8-11H2,1H3,(H,20,21). The second-order valence-electron chi connectivity index (χ2n) is 5.26. The van der Waals surface area contributed by atoms with Crippen molar-refractivity contribution < 1.29 is 9.90 Å². The van der Waals surface area contributed by atoms with Crippen molar-refractivity contribution in [2.75, 3.05) is 11.9 Å². The first-order chi connectivity index (χ1) is 10.1. The zero-order valence-electron chi connectivity index (χ0n) is 12.3. The van der Waals surface area contributed by atoms with E-state index in [0.717, 1.165) is 24.2 Å². The molecule has 3 nitrogen and oxygen atoms in total. The summed E-state index contributed by atoms with van der Waals surface area (Å²) in [4.78, 5) is 10.6. The zero-order chi connectivity index (χ0) is 15.1. The zero-order valence-corrected chi connectivity index (χ0v) is 12.3. The van der Waals surface area contributed by atoms with Crippen molar-refractivity contribution in [3.8, 4) is 0 Å². The van der Waals surface area contributed by atoms with Crippen LogP contribution in [0.5, 0.6) is 0 Å². The summed E-state index contributed by atoms with van der Waals surface area (Å²) < 4.78 is 0. The summed E-state index contributed by atoms with van der Waals surface area (Å²) in [6.07, 6.45) is 1.72. The van der Waals surface area contributed by atoms with Crippen LogP contribution in [0.4, 0.5) is 5.69 Å². The molecule has 0 atom stereocenters. The van der Waals surface area contributed by atoms with Gasteiger partial charge in [-0.15, -0.1) is 0 Å². The van der Waals surface area contributed by atoms with E-state index in [0.29, 0.717) is 6.42 Å². The van der Waals surface area contributed by atoms with Gasteiger partial charge in [-0.2, -0.15) is 0 Å². The van der Waals surface area contributed by atoms with Crippen molar-refractivity contribution in [2.45, 2.75) is 26.2 Å². The molecule has 2 N–H and O–H groups in total. The van der Waals surface area contributed by atoms with Gasteiger partial charge in [0.2, 0.25) is 0 Å². The fraction of sp³-hybridized carbons (Fsp3) is 0.278. The molecule has 0 bridgehead atoms. The maximum absolute atomic E-state index is 10.6. The van der Waals surface area contributed by atoms with Crippen LogP contribution in [-0.4, -0.2) is 17.6 Å². The van der Waals surface area contributed by atoms with E-state index in [-0.39, 0.29) is 6.42 Å². The predicted molar refractivity (Wildman–Crippen MR) is 85.8 cm³/mol. The number of aryl methyl sites for hydroxylation is 2. The highest BCUT2D eigenvalue weighted by molar-refractivity contribution is 5.67. The summed E-state index contributed by atoms with van der Waals surface area (Å²) in [7, 11) is 0. The Bertz CT molecular complexity index is 608. The molecule has 0 aliphatic heterocycles. The van der Waals surface area contributed by atoms with Crippen molar-refractivity contribution >= 4 is 11.7 Å². The first-order valence-electron chi connectivity index (χ1n) is 7.23. The number of carboxylic acids is 1. The summed E-state index contributed by atoms with van der Waals surface area (Å²) in [5.74, 6) is -0.757. The Morgan fingerprint density at radius 2 is 1.76 bits per heavy atom. The van der Waals surface area contributed by atoms with Gasteiger partial charge in [0.1, 0.15) is 0 Å². The van der Waals surface area contributed by atoms with Crippen LogP contribution < -0.4 is 5.32 Å². The predicted octanol–water partition coefficient (Wildman–Crippen LogP) is 3.67. The fourth-order valence-corrected chi connectivity index (χ4v) is 2.31. The second kappa shape index (κ2) is 7.48. The van der Waals surface area contributed by atoms with Gasteiger partial charge in [-0.3, -0.25) is 4.79 Å². The van der Waals surface area contributed by atoms with E-state index in [2.05, 4.69) is 36.5 Å². The molecular weight excluding hydrogens is 262 g/mol. The van der Waals surface area contributed by atoms with E-state index in [1.807, 2.05) is 24.3 Å². The number of carboxylic acid groups (broad SMARTS) is 1. The van der Waals surface area contributed by atoms with Crippen molar-refractivity contribution in [1.29, 1.82) is 0 Å². The van der Waals surface area contributed by atoms with Gasteiger partial charge >= 0.3 is 5.97 Å². The Kier molecular flexibility index (Phi) is 5.38. The Balaban J connectivity index is 1.85. The van der Waals surface area contributed by atoms with Crippen molar-refractivity contribution in [1.82, 2.24) is 0 Å². The highest BCUT2D eigenvalue weighted by Crippen LogP contribution is 2.13. The minimum atomic E-state index is -0.757. The topological polar surface area (TPSA) is 49.3 Å². The van der Waals surface area contributed by atoms with Crippen LogP contribution in [0.25, 0.3) is 0 Å². The molecule has 2 aromatic rings. The molecule has 0 fully saturated rings. The molecule has 0 radical (unpaired) electrons. The van der Waals surface area contributed by atoms with Crippen LogP contribution in [0, 0.1) is 6.92 Å². The highest BCUT2D eigenvalue weighted by atomic mass is 16.4. The highest BCUT2D eigenvalue weighted by Gasteiger charge is 2.00. The van der Waals surface area contributed by atoms with Crippen LogP contribution in [0.2, 0.25) is 0 Å². The average Bonchev–Trinajstić information content (AvgIpc) is 2.46. The lowest BCUT2D eigenvalue weighted by atomic mass is 10.1. The second-order valence-corrected chi connectivity index (χ2v) is 5.26. The molecule has 21 heavy (non-hydrogen) atoms. The Morgan fingerprint density at radius 1 is 1.05 bits per heavy atom. The number of rotatable bonds is 7. The lowest BCUT2D eigenvalue weighted by Crippen LogP contribution is -2.05. The molecule has 0 spiro atoms. The molecule has 2 aromatic carbocycles. The average molecular weight is 283 g/mol. The van der Waals surface area contributed by atoms with Gasteiger partial charge in [-0.1, -0.05) is 42.0 Å². The van der Waals surface area contributed by atoms with Crippen LogP contribution in [-0.2, 0) is 17.6 Å². The largest absolute Gasteiger partial charge is 0.481 e. The van der Waals surface area contributed by atoms with E-state index < -0.39 is 5.97 Å². The van der Waals surface area contributed by atoms with Crippen LogP contribution in [0.1, 0.15) is 23.1 Å². The molecule has 110 valence electrons. The van der Waals surface area contributed by atoms with Crippen molar-refractivity contribution in [3.63, 3.8) is 0 Å². The van der Waals surface area contributed by atoms with Gasteiger partial charge in [-0.05, 0) is 43.0 Å². The molecule has 2 rings (SSSR count). The summed E-state index contributed by atoms with van der Waals surface area (Å²) in [5.41, 5.74) is 4.70. The fourth-order valence-electron chi connectivity index (χ4n) is 2.31. The minimum absolute atomic E-state index is 0.173. The molecule has 0 saturated carbocycles. The molecule has 0 aliphatic rings. The van der Waals surface area contributed by atoms with E-state index >= 15 is 0 Å². The molecule has 0 heterocycles. The maximum Gasteiger partial charge on any atom is 0.303 e. The van der Waals surface area contributed by atoms with E-state index in [9.17, 15) is 4.79 Å². The monoisotopic (exact) mass is 283 g/mol. The normalized spacial score (nSPS) is 10.3. The summed E-state index contributed by atoms with van der Waals surface area (Å²) in [6.45, 7) is 2.97. The van der Waals surface area contributed by atoms with Crippen LogP contribution in [0.3, 0.4) is 0 Å². The number of carbonyl (C=O) groups is 1. The van der Waals surface area contributed by atoms with E-state index in [4.69, 9.17) is 5.11 Å². The number of hydrogen-bond acceptors (Lipinski definition) is 2. The number of aliphatic carboxylic acids is 1. The van der Waals surface area contributed by atoms with Gasteiger partial charge in [0.15, 0.2) is 0 Å². The van der Waals surface area contributed by atoms with E-state index in [1.165, 1.54) is 11.1 Å². The first kappa shape index (κ1) is 15.1. The smallest absolute Gasteiger partial charge is 0.303 e. The lowest BCUT2D eigenvalue weighted by Gasteiger charge is -2.08. The van der Waals surface area contributed by atoms with Crippen molar-refractivity contribution in [3.05, 3.63) is 65.2 Å². The molecule has 0 unspecified atom stereocenters. The quantitative estimate of drug-likeness (QED) is 0.815. The number of nitrogens with one attached hydrogen (secondary N) is 1. The summed E-state index contributed by atoms with van der Waals surface area (Å²) >= 11 is 0. The van der Waals surface area contributed by atoms with Gasteiger partial charge in [0, 0.05) is 18.7 Å². The van der Waals surface area contributed by atoms with Gasteiger partial charge in [0.25, 0.3) is 0 Å². The third kappa shape index (κ3) is 5.30. The molecule has 0 saturated heterocycles. The third-order valence-corrected chi connectivity index (χ3v) is 3.38. The molecule has 0 aliphatic carbocycles. The maximum atomic E-state index is 10.6. The van der Waals surface area contributed by atoms with Gasteiger partial charge in [0.05, 0.1) is 0 Å². The van der Waals surface area contributed by atoms with Gasteiger partial charge < -0.3 is 10.4 Å². The van der Waals surface area contributed by atoms with Crippen molar-refractivity contribution in [2.24, 2.45) is 0 Å². The summed E-state index contributed by atoms with van der Waals surface area (Å²) in [6, 6.07) is 16.5. The molecular formula is C18H21NO2. The summed E-state index contributed by atoms with van der Waals surface area (Å²) in [5, 5.41) is 12.1. The molecule has 3 heteroatoms. The first-order valence-corrected chi connectivity index (χ1v) is 7.23. The van der Waals surface area contributed by atoms with Crippen LogP contribution in [0.15, 0.2) is 48.5 Å². The third-order valence-electron chi connectivity index (χ3n) is 3.38. The SMILES string of the molecule is Cc1cccc(CCNc2cccc(CCC(=O)O)c2)c1. The van der Waals surface area contributed by atoms with Gasteiger partial charge in [-0.25, -0.2) is 0 Å². The van der Waals surface area contributed by atoms with E-state index in [1.54, 1.807) is 0 Å².